The zero-order valence-electron chi connectivity index (χ0n) is 16.7. The molecule has 0 aliphatic carbocycles. The van der Waals surface area contributed by atoms with E-state index in [9.17, 15) is 9.90 Å². The molecule has 2 heterocycles. The molecule has 0 saturated heterocycles. The molecule has 1 aromatic carbocycles. The first-order valence-corrected chi connectivity index (χ1v) is 10.3. The summed E-state index contributed by atoms with van der Waals surface area (Å²) in [5, 5.41) is 9.22. The van der Waals surface area contributed by atoms with Crippen molar-refractivity contribution in [1.29, 1.82) is 0 Å². The molecule has 3 aromatic rings. The van der Waals surface area contributed by atoms with Crippen molar-refractivity contribution in [3.05, 3.63) is 64.8 Å². The van der Waals surface area contributed by atoms with Gasteiger partial charge >= 0.3 is 5.97 Å². The van der Waals surface area contributed by atoms with Crippen LogP contribution in [-0.4, -0.2) is 33.8 Å². The number of thiophene rings is 1. The van der Waals surface area contributed by atoms with E-state index in [1.807, 2.05) is 31.2 Å². The Balaban J connectivity index is 1.67. The van der Waals surface area contributed by atoms with Crippen LogP contribution in [0.15, 0.2) is 48.8 Å². The largest absolute Gasteiger partial charge is 0.485 e. The lowest BCUT2D eigenvalue weighted by Gasteiger charge is -2.16. The van der Waals surface area contributed by atoms with Crippen molar-refractivity contribution in [2.75, 3.05) is 6.61 Å². The summed E-state index contributed by atoms with van der Waals surface area (Å²) in [4.78, 5) is 22.0. The quantitative estimate of drug-likeness (QED) is 0.549. The maximum absolute atomic E-state index is 11.2. The molecule has 0 spiro atoms. The number of carbonyl (C=O) groups is 1. The number of aryl methyl sites for hydroxylation is 1. The average Bonchev–Trinajstić information content (AvgIpc) is 3.11. The fraction of sp³-hybridized carbons (Fsp3) is 0.318. The number of hydrogen-bond donors (Lipinski definition) is 1. The molecule has 2 aromatic heterocycles. The molecule has 0 fully saturated rings. The summed E-state index contributed by atoms with van der Waals surface area (Å²) in [7, 11) is 0. The first-order chi connectivity index (χ1) is 14.0. The summed E-state index contributed by atoms with van der Waals surface area (Å²) in [5.41, 5.74) is 2.03. The van der Waals surface area contributed by atoms with Crippen LogP contribution in [0.5, 0.6) is 5.75 Å². The minimum absolute atomic E-state index is 0.126. The number of benzene rings is 1. The topological polar surface area (TPSA) is 81.5 Å². The molecule has 0 bridgehead atoms. The van der Waals surface area contributed by atoms with Crippen LogP contribution in [0.2, 0.25) is 0 Å². The van der Waals surface area contributed by atoms with E-state index in [0.717, 1.165) is 26.6 Å². The number of carboxylic acid groups (broad SMARTS) is 1. The first-order valence-electron chi connectivity index (χ1n) is 9.45. The third-order valence-electron chi connectivity index (χ3n) is 4.41. The maximum Gasteiger partial charge on any atom is 0.333 e. The summed E-state index contributed by atoms with van der Waals surface area (Å²) < 4.78 is 11.4. The third kappa shape index (κ3) is 5.40. The predicted molar refractivity (Wildman–Crippen MR) is 112 cm³/mol. The van der Waals surface area contributed by atoms with Gasteiger partial charge in [0.25, 0.3) is 0 Å². The van der Waals surface area contributed by atoms with Crippen molar-refractivity contribution in [3.63, 3.8) is 0 Å². The van der Waals surface area contributed by atoms with Crippen LogP contribution in [-0.2, 0) is 16.0 Å². The van der Waals surface area contributed by atoms with Crippen LogP contribution in [0, 0.1) is 6.92 Å². The monoisotopic (exact) mass is 412 g/mol. The van der Waals surface area contributed by atoms with Gasteiger partial charge in [0, 0.05) is 30.3 Å². The molecule has 0 amide bonds. The molecule has 0 radical (unpaired) electrons. The number of hydrogen-bond acceptors (Lipinski definition) is 6. The van der Waals surface area contributed by atoms with Gasteiger partial charge in [0.1, 0.15) is 11.9 Å². The number of carboxylic acids is 1. The van der Waals surface area contributed by atoms with Gasteiger partial charge in [-0.15, -0.1) is 11.3 Å². The number of aromatic nitrogens is 2. The van der Waals surface area contributed by atoms with Crippen molar-refractivity contribution < 1.29 is 19.4 Å². The Morgan fingerprint density at radius 3 is 2.52 bits per heavy atom. The highest BCUT2D eigenvalue weighted by Gasteiger charge is 2.19. The van der Waals surface area contributed by atoms with Gasteiger partial charge in [0.05, 0.1) is 4.88 Å². The molecular formula is C22H24N2O4S. The smallest absolute Gasteiger partial charge is 0.333 e. The van der Waals surface area contributed by atoms with Crippen LogP contribution >= 0.6 is 11.3 Å². The highest BCUT2D eigenvalue weighted by Crippen LogP contribution is 2.35. The molecule has 152 valence electrons. The van der Waals surface area contributed by atoms with E-state index in [0.29, 0.717) is 18.9 Å². The van der Waals surface area contributed by atoms with Gasteiger partial charge in [-0.1, -0.05) is 12.1 Å². The molecule has 0 aliphatic rings. The van der Waals surface area contributed by atoms with Crippen molar-refractivity contribution in [2.24, 2.45) is 0 Å². The molecule has 0 aliphatic heterocycles. The molecule has 2 unspecified atom stereocenters. The SMILES string of the molecule is CCOC(Cc1ccc(OC(C)c2sc(-c3ncccn3)cc2C)cc1)C(=O)O. The molecule has 29 heavy (non-hydrogen) atoms. The maximum atomic E-state index is 11.2. The predicted octanol–water partition coefficient (Wildman–Crippen LogP) is 4.69. The second-order valence-corrected chi connectivity index (χ2v) is 7.70. The summed E-state index contributed by atoms with van der Waals surface area (Å²) in [6.07, 6.45) is 2.83. The lowest BCUT2D eigenvalue weighted by Crippen LogP contribution is -2.26. The first kappa shape index (κ1) is 21.0. The Morgan fingerprint density at radius 1 is 1.21 bits per heavy atom. The van der Waals surface area contributed by atoms with Gasteiger partial charge in [0.2, 0.25) is 0 Å². The van der Waals surface area contributed by atoms with Gasteiger partial charge in [-0.25, -0.2) is 14.8 Å². The van der Waals surface area contributed by atoms with E-state index < -0.39 is 12.1 Å². The molecular weight excluding hydrogens is 388 g/mol. The van der Waals surface area contributed by atoms with E-state index in [1.165, 1.54) is 0 Å². The van der Waals surface area contributed by atoms with Crippen molar-refractivity contribution in [3.8, 4) is 16.5 Å². The minimum atomic E-state index is -0.952. The molecule has 6 nitrogen and oxygen atoms in total. The Labute approximate surface area is 174 Å². The minimum Gasteiger partial charge on any atom is -0.485 e. The summed E-state index contributed by atoms with van der Waals surface area (Å²) in [6.45, 7) is 6.22. The number of rotatable bonds is 9. The van der Waals surface area contributed by atoms with E-state index in [-0.39, 0.29) is 6.10 Å². The Kier molecular flexibility index (Phi) is 6.95. The molecule has 3 rings (SSSR count). The van der Waals surface area contributed by atoms with Crippen LogP contribution in [0.1, 0.15) is 36.0 Å². The fourth-order valence-electron chi connectivity index (χ4n) is 3.03. The summed E-state index contributed by atoms with van der Waals surface area (Å²) in [6, 6.07) is 11.4. The molecule has 1 N–H and O–H groups in total. The van der Waals surface area contributed by atoms with Crippen LogP contribution in [0.25, 0.3) is 10.7 Å². The lowest BCUT2D eigenvalue weighted by atomic mass is 10.1. The Morgan fingerprint density at radius 2 is 1.90 bits per heavy atom. The second kappa shape index (κ2) is 9.62. The standard InChI is InChI=1S/C22H24N2O4S/c1-4-27-18(22(25)26)13-16-6-8-17(9-7-16)28-15(3)20-14(2)12-19(29-20)21-23-10-5-11-24-21/h5-12,15,18H,4,13H2,1-3H3,(H,25,26). The molecule has 2 atom stereocenters. The Hall–Kier alpha value is -2.77. The van der Waals surface area contributed by atoms with E-state index >= 15 is 0 Å². The average molecular weight is 413 g/mol. The summed E-state index contributed by atoms with van der Waals surface area (Å²) in [5.74, 6) is 0.493. The van der Waals surface area contributed by atoms with E-state index in [1.54, 1.807) is 36.7 Å². The van der Waals surface area contributed by atoms with Crippen LogP contribution < -0.4 is 4.74 Å². The highest BCUT2D eigenvalue weighted by molar-refractivity contribution is 7.15. The van der Waals surface area contributed by atoms with Gasteiger partial charge in [-0.3, -0.25) is 0 Å². The second-order valence-electron chi connectivity index (χ2n) is 6.62. The number of nitrogens with zero attached hydrogens (tertiary/aromatic N) is 2. The van der Waals surface area contributed by atoms with Crippen LogP contribution in [0.4, 0.5) is 0 Å². The summed E-state index contributed by atoms with van der Waals surface area (Å²) >= 11 is 1.63. The van der Waals surface area contributed by atoms with Crippen molar-refractivity contribution >= 4 is 17.3 Å². The molecule has 7 heteroatoms. The van der Waals surface area contributed by atoms with Gasteiger partial charge < -0.3 is 14.6 Å². The Bertz CT molecular complexity index is 941. The van der Waals surface area contributed by atoms with Crippen LogP contribution in [0.3, 0.4) is 0 Å². The van der Waals surface area contributed by atoms with Gasteiger partial charge in [0.15, 0.2) is 11.9 Å². The zero-order valence-corrected chi connectivity index (χ0v) is 17.5. The van der Waals surface area contributed by atoms with Crippen molar-refractivity contribution in [2.45, 2.75) is 39.4 Å². The van der Waals surface area contributed by atoms with Gasteiger partial charge in [-0.2, -0.15) is 0 Å². The highest BCUT2D eigenvalue weighted by atomic mass is 32.1. The third-order valence-corrected chi connectivity index (χ3v) is 5.81. The fourth-order valence-corrected chi connectivity index (χ4v) is 4.13. The normalized spacial score (nSPS) is 13.1. The van der Waals surface area contributed by atoms with E-state index in [4.69, 9.17) is 9.47 Å². The zero-order chi connectivity index (χ0) is 20.8. The van der Waals surface area contributed by atoms with Gasteiger partial charge in [-0.05, 0) is 56.2 Å². The number of aliphatic carboxylic acids is 1. The lowest BCUT2D eigenvalue weighted by molar-refractivity contribution is -0.149. The van der Waals surface area contributed by atoms with Crippen molar-refractivity contribution in [1.82, 2.24) is 9.97 Å². The molecule has 0 saturated carbocycles. The number of ether oxygens (including phenoxy) is 2. The van der Waals surface area contributed by atoms with E-state index in [2.05, 4.69) is 23.0 Å².